The van der Waals surface area contributed by atoms with Crippen LogP contribution in [0.25, 0.3) is 11.5 Å². The molecule has 3 rings (SSSR count). The van der Waals surface area contributed by atoms with Gasteiger partial charge >= 0.3 is 0 Å². The van der Waals surface area contributed by atoms with Crippen LogP contribution in [0.15, 0.2) is 59.3 Å². The first-order valence-electron chi connectivity index (χ1n) is 6.61. The Bertz CT molecular complexity index is 693. The van der Waals surface area contributed by atoms with Gasteiger partial charge < -0.3 is 9.73 Å². The SMILES string of the molecule is CC(Nc1ccc(-c2nnco2)cc1)c1ccc(Cl)cc1. The van der Waals surface area contributed by atoms with E-state index in [0.717, 1.165) is 16.3 Å². The van der Waals surface area contributed by atoms with Gasteiger partial charge in [-0.05, 0) is 48.9 Å². The summed E-state index contributed by atoms with van der Waals surface area (Å²) in [6.45, 7) is 2.11. The first kappa shape index (κ1) is 13.6. The molecule has 1 aromatic heterocycles. The van der Waals surface area contributed by atoms with Crippen LogP contribution in [0.2, 0.25) is 5.02 Å². The standard InChI is InChI=1S/C16H14ClN3O/c1-11(12-2-6-14(17)7-3-12)19-15-8-4-13(5-9-15)16-20-18-10-21-16/h2-11,19H,1H3. The second kappa shape index (κ2) is 5.97. The first-order chi connectivity index (χ1) is 10.2. The third-order valence-corrected chi connectivity index (χ3v) is 3.50. The predicted octanol–water partition coefficient (Wildman–Crippen LogP) is 4.56. The van der Waals surface area contributed by atoms with Crippen molar-refractivity contribution in [1.82, 2.24) is 10.2 Å². The van der Waals surface area contributed by atoms with Gasteiger partial charge in [-0.2, -0.15) is 0 Å². The molecule has 3 aromatic rings. The molecule has 0 aliphatic carbocycles. The highest BCUT2D eigenvalue weighted by atomic mass is 35.5. The average molecular weight is 300 g/mol. The summed E-state index contributed by atoms with van der Waals surface area (Å²) in [4.78, 5) is 0. The molecule has 0 radical (unpaired) electrons. The van der Waals surface area contributed by atoms with E-state index in [0.29, 0.717) is 5.89 Å². The Morgan fingerprint density at radius 2 is 1.76 bits per heavy atom. The molecule has 2 aromatic carbocycles. The Labute approximate surface area is 127 Å². The normalized spacial score (nSPS) is 12.1. The van der Waals surface area contributed by atoms with E-state index in [1.807, 2.05) is 48.5 Å². The van der Waals surface area contributed by atoms with Crippen LogP contribution in [-0.4, -0.2) is 10.2 Å². The summed E-state index contributed by atoms with van der Waals surface area (Å²) < 4.78 is 5.17. The Kier molecular flexibility index (Phi) is 3.88. The third-order valence-electron chi connectivity index (χ3n) is 3.25. The van der Waals surface area contributed by atoms with Gasteiger partial charge in [0.25, 0.3) is 0 Å². The summed E-state index contributed by atoms with van der Waals surface area (Å²) in [6, 6.07) is 15.9. The van der Waals surface area contributed by atoms with Gasteiger partial charge in [0.2, 0.25) is 12.3 Å². The van der Waals surface area contributed by atoms with Crippen molar-refractivity contribution in [3.05, 3.63) is 65.5 Å². The molecule has 21 heavy (non-hydrogen) atoms. The zero-order valence-corrected chi connectivity index (χ0v) is 12.2. The number of hydrogen-bond acceptors (Lipinski definition) is 4. The summed E-state index contributed by atoms with van der Waals surface area (Å²) in [5.41, 5.74) is 3.11. The van der Waals surface area contributed by atoms with E-state index in [9.17, 15) is 0 Å². The second-order valence-corrected chi connectivity index (χ2v) is 5.18. The van der Waals surface area contributed by atoms with E-state index in [1.165, 1.54) is 12.0 Å². The maximum atomic E-state index is 5.90. The quantitative estimate of drug-likeness (QED) is 0.767. The Hall–Kier alpha value is -2.33. The van der Waals surface area contributed by atoms with E-state index in [1.54, 1.807) is 0 Å². The molecule has 0 saturated heterocycles. The van der Waals surface area contributed by atoms with Crippen LogP contribution < -0.4 is 5.32 Å². The minimum absolute atomic E-state index is 0.191. The molecule has 0 bridgehead atoms. The summed E-state index contributed by atoms with van der Waals surface area (Å²) in [5.74, 6) is 0.521. The molecule has 0 saturated carbocycles. The van der Waals surface area contributed by atoms with Crippen LogP contribution >= 0.6 is 11.6 Å². The fourth-order valence-electron chi connectivity index (χ4n) is 2.09. The van der Waals surface area contributed by atoms with Crippen LogP contribution in [0, 0.1) is 0 Å². The van der Waals surface area contributed by atoms with Crippen molar-refractivity contribution in [2.45, 2.75) is 13.0 Å². The summed E-state index contributed by atoms with van der Waals surface area (Å²) in [6.07, 6.45) is 1.32. The lowest BCUT2D eigenvalue weighted by atomic mass is 10.1. The van der Waals surface area contributed by atoms with E-state index in [-0.39, 0.29) is 6.04 Å². The molecule has 1 N–H and O–H groups in total. The Morgan fingerprint density at radius 3 is 2.38 bits per heavy atom. The van der Waals surface area contributed by atoms with Crippen molar-refractivity contribution < 1.29 is 4.42 Å². The van der Waals surface area contributed by atoms with E-state index < -0.39 is 0 Å². The molecular weight excluding hydrogens is 286 g/mol. The van der Waals surface area contributed by atoms with Crippen LogP contribution in [-0.2, 0) is 0 Å². The molecule has 0 fully saturated rings. The Balaban J connectivity index is 1.71. The zero-order valence-electron chi connectivity index (χ0n) is 11.5. The van der Waals surface area contributed by atoms with Crippen molar-refractivity contribution in [3.8, 4) is 11.5 Å². The number of hydrogen-bond donors (Lipinski definition) is 1. The van der Waals surface area contributed by atoms with Gasteiger partial charge in [-0.25, -0.2) is 0 Å². The summed E-state index contributed by atoms with van der Waals surface area (Å²) in [5, 5.41) is 11.7. The zero-order chi connectivity index (χ0) is 14.7. The molecule has 106 valence electrons. The fourth-order valence-corrected chi connectivity index (χ4v) is 2.22. The van der Waals surface area contributed by atoms with Crippen LogP contribution in [0.1, 0.15) is 18.5 Å². The van der Waals surface area contributed by atoms with Gasteiger partial charge in [0, 0.05) is 22.3 Å². The van der Waals surface area contributed by atoms with Gasteiger partial charge in [0.05, 0.1) is 0 Å². The summed E-state index contributed by atoms with van der Waals surface area (Å²) >= 11 is 5.90. The summed E-state index contributed by atoms with van der Waals surface area (Å²) in [7, 11) is 0. The molecule has 0 aliphatic heterocycles. The van der Waals surface area contributed by atoms with Crippen LogP contribution in [0.4, 0.5) is 5.69 Å². The topological polar surface area (TPSA) is 51.0 Å². The van der Waals surface area contributed by atoms with Crippen molar-refractivity contribution in [2.24, 2.45) is 0 Å². The minimum Gasteiger partial charge on any atom is -0.423 e. The predicted molar refractivity (Wildman–Crippen MR) is 83.2 cm³/mol. The third kappa shape index (κ3) is 3.23. The molecule has 1 atom stereocenters. The largest absolute Gasteiger partial charge is 0.423 e. The van der Waals surface area contributed by atoms with E-state index >= 15 is 0 Å². The monoisotopic (exact) mass is 299 g/mol. The van der Waals surface area contributed by atoms with Gasteiger partial charge in [-0.15, -0.1) is 10.2 Å². The number of nitrogens with zero attached hydrogens (tertiary/aromatic N) is 2. The Morgan fingerprint density at radius 1 is 1.05 bits per heavy atom. The van der Waals surface area contributed by atoms with Crippen molar-refractivity contribution in [1.29, 1.82) is 0 Å². The molecule has 0 spiro atoms. The molecule has 0 amide bonds. The maximum Gasteiger partial charge on any atom is 0.247 e. The lowest BCUT2D eigenvalue weighted by Gasteiger charge is -2.16. The molecule has 1 unspecified atom stereocenters. The van der Waals surface area contributed by atoms with Crippen molar-refractivity contribution in [2.75, 3.05) is 5.32 Å². The maximum absolute atomic E-state index is 5.90. The van der Waals surface area contributed by atoms with Gasteiger partial charge in [0.1, 0.15) is 0 Å². The first-order valence-corrected chi connectivity index (χ1v) is 6.99. The molecule has 0 aliphatic rings. The lowest BCUT2D eigenvalue weighted by Crippen LogP contribution is -2.06. The number of anilines is 1. The average Bonchev–Trinajstić information content (AvgIpc) is 3.03. The molecule has 4 nitrogen and oxygen atoms in total. The highest BCUT2D eigenvalue weighted by molar-refractivity contribution is 6.30. The number of benzene rings is 2. The highest BCUT2D eigenvalue weighted by Gasteiger charge is 2.07. The highest BCUT2D eigenvalue weighted by Crippen LogP contribution is 2.23. The number of nitrogens with one attached hydrogen (secondary N) is 1. The smallest absolute Gasteiger partial charge is 0.247 e. The van der Waals surface area contributed by atoms with E-state index in [4.69, 9.17) is 16.0 Å². The number of rotatable bonds is 4. The molecule has 1 heterocycles. The van der Waals surface area contributed by atoms with Gasteiger partial charge in [0.15, 0.2) is 0 Å². The van der Waals surface area contributed by atoms with Crippen LogP contribution in [0.5, 0.6) is 0 Å². The second-order valence-electron chi connectivity index (χ2n) is 4.74. The number of aromatic nitrogens is 2. The van der Waals surface area contributed by atoms with E-state index in [2.05, 4.69) is 22.4 Å². The fraction of sp³-hybridized carbons (Fsp3) is 0.125. The molecule has 5 heteroatoms. The number of halogens is 1. The van der Waals surface area contributed by atoms with Gasteiger partial charge in [-0.3, -0.25) is 0 Å². The van der Waals surface area contributed by atoms with Crippen molar-refractivity contribution in [3.63, 3.8) is 0 Å². The lowest BCUT2D eigenvalue weighted by molar-refractivity contribution is 0.568. The van der Waals surface area contributed by atoms with Gasteiger partial charge in [-0.1, -0.05) is 23.7 Å². The van der Waals surface area contributed by atoms with Crippen molar-refractivity contribution >= 4 is 17.3 Å². The minimum atomic E-state index is 0.191. The molecular formula is C16H14ClN3O. The van der Waals surface area contributed by atoms with Crippen LogP contribution in [0.3, 0.4) is 0 Å².